The van der Waals surface area contributed by atoms with Crippen molar-refractivity contribution in [3.63, 3.8) is 0 Å². The van der Waals surface area contributed by atoms with E-state index in [-0.39, 0.29) is 22.9 Å². The molecular weight excluding hydrogens is 299 g/mol. The van der Waals surface area contributed by atoms with Gasteiger partial charge in [0, 0.05) is 17.8 Å². The number of aryl methyl sites for hydroxylation is 1. The Balaban J connectivity index is 2.26. The molecule has 0 atom stereocenters. The summed E-state index contributed by atoms with van der Waals surface area (Å²) in [4.78, 5) is -0.264. The van der Waals surface area contributed by atoms with Crippen LogP contribution in [0, 0.1) is 12.7 Å². The summed E-state index contributed by atoms with van der Waals surface area (Å²) in [6, 6.07) is 2.01. The Morgan fingerprint density at radius 2 is 2.19 bits per heavy atom. The van der Waals surface area contributed by atoms with Gasteiger partial charge in [0.2, 0.25) is 10.0 Å². The van der Waals surface area contributed by atoms with E-state index in [4.69, 9.17) is 10.5 Å². The molecule has 0 radical (unpaired) electrons. The summed E-state index contributed by atoms with van der Waals surface area (Å²) in [6.07, 6.45) is 1.51. The number of sulfonamides is 1. The molecule has 0 aliphatic heterocycles. The van der Waals surface area contributed by atoms with Gasteiger partial charge in [-0.2, -0.15) is 5.10 Å². The number of rotatable bonds is 5. The highest BCUT2D eigenvalue weighted by Gasteiger charge is 2.19. The number of anilines is 1. The molecule has 4 N–H and O–H groups in total. The van der Waals surface area contributed by atoms with Crippen molar-refractivity contribution < 1.29 is 17.5 Å². The fraction of sp³-hybridized carbons (Fsp3) is 0.250. The minimum atomic E-state index is -3.89. The van der Waals surface area contributed by atoms with Crippen molar-refractivity contribution in [3.05, 3.63) is 35.4 Å². The topological polar surface area (TPSA) is 110 Å². The molecule has 0 bridgehead atoms. The van der Waals surface area contributed by atoms with Crippen LogP contribution in [0.5, 0.6) is 5.75 Å². The first-order chi connectivity index (χ1) is 9.85. The second-order valence-corrected chi connectivity index (χ2v) is 6.14. The Labute approximate surface area is 121 Å². The molecule has 0 unspecified atom stereocenters. The van der Waals surface area contributed by atoms with Crippen LogP contribution in [0.3, 0.4) is 0 Å². The molecule has 2 aromatic rings. The van der Waals surface area contributed by atoms with Gasteiger partial charge in [0.15, 0.2) is 11.6 Å². The predicted molar refractivity (Wildman–Crippen MR) is 74.7 cm³/mol. The van der Waals surface area contributed by atoms with Gasteiger partial charge in [-0.15, -0.1) is 0 Å². The zero-order valence-electron chi connectivity index (χ0n) is 11.5. The number of ether oxygens (including phenoxy) is 1. The van der Waals surface area contributed by atoms with E-state index in [0.717, 1.165) is 17.8 Å². The standard InChI is InChI=1S/C12H15FN4O3S/c1-7-8(5-15-17-7)6-16-21(18,19)9-3-10(13)12(20-2)11(14)4-9/h3-5,16H,6,14H2,1-2H3,(H,15,17). The summed E-state index contributed by atoms with van der Waals surface area (Å²) in [5.41, 5.74) is 6.93. The van der Waals surface area contributed by atoms with Crippen molar-refractivity contribution in [3.8, 4) is 5.75 Å². The molecule has 0 saturated heterocycles. The number of halogens is 1. The molecule has 7 nitrogen and oxygen atoms in total. The number of methoxy groups -OCH3 is 1. The smallest absolute Gasteiger partial charge is 0.241 e. The van der Waals surface area contributed by atoms with E-state index in [2.05, 4.69) is 14.9 Å². The summed E-state index contributed by atoms with van der Waals surface area (Å²) in [6.45, 7) is 1.81. The Hall–Kier alpha value is -2.13. The molecular formula is C12H15FN4O3S. The summed E-state index contributed by atoms with van der Waals surface area (Å²) in [5.74, 6) is -1.02. The number of hydrogen-bond donors (Lipinski definition) is 3. The number of nitrogens with two attached hydrogens (primary N) is 1. The molecule has 0 saturated carbocycles. The van der Waals surface area contributed by atoms with Crippen LogP contribution in [0.2, 0.25) is 0 Å². The van der Waals surface area contributed by atoms with Crippen LogP contribution in [-0.2, 0) is 16.6 Å². The van der Waals surface area contributed by atoms with Gasteiger partial charge in [0.05, 0.1) is 23.9 Å². The minimum Gasteiger partial charge on any atom is -0.492 e. The second-order valence-electron chi connectivity index (χ2n) is 4.37. The van der Waals surface area contributed by atoms with Crippen molar-refractivity contribution in [1.82, 2.24) is 14.9 Å². The molecule has 0 amide bonds. The summed E-state index contributed by atoms with van der Waals surface area (Å²) in [7, 11) is -2.64. The highest BCUT2D eigenvalue weighted by Crippen LogP contribution is 2.28. The first-order valence-electron chi connectivity index (χ1n) is 5.96. The molecule has 0 aliphatic carbocycles. The maximum Gasteiger partial charge on any atom is 0.241 e. The normalized spacial score (nSPS) is 11.6. The quantitative estimate of drug-likeness (QED) is 0.711. The summed E-state index contributed by atoms with van der Waals surface area (Å²) in [5, 5.41) is 6.49. The number of aromatic amines is 1. The zero-order valence-corrected chi connectivity index (χ0v) is 12.3. The lowest BCUT2D eigenvalue weighted by Crippen LogP contribution is -2.23. The van der Waals surface area contributed by atoms with Gasteiger partial charge in [-0.3, -0.25) is 5.10 Å². The number of nitrogen functional groups attached to an aromatic ring is 1. The van der Waals surface area contributed by atoms with Crippen molar-refractivity contribution in [2.24, 2.45) is 0 Å². The van der Waals surface area contributed by atoms with Crippen LogP contribution in [0.1, 0.15) is 11.3 Å². The number of benzene rings is 1. The van der Waals surface area contributed by atoms with Crippen LogP contribution >= 0.6 is 0 Å². The van der Waals surface area contributed by atoms with Crippen molar-refractivity contribution in [2.45, 2.75) is 18.4 Å². The third-order valence-corrected chi connectivity index (χ3v) is 4.33. The zero-order chi connectivity index (χ0) is 15.6. The van der Waals surface area contributed by atoms with Crippen LogP contribution < -0.4 is 15.2 Å². The average molecular weight is 314 g/mol. The Morgan fingerprint density at radius 3 is 2.71 bits per heavy atom. The lowest BCUT2D eigenvalue weighted by Gasteiger charge is -2.10. The average Bonchev–Trinajstić information content (AvgIpc) is 2.81. The van der Waals surface area contributed by atoms with E-state index in [9.17, 15) is 12.8 Å². The number of aromatic nitrogens is 2. The fourth-order valence-electron chi connectivity index (χ4n) is 1.77. The third-order valence-electron chi connectivity index (χ3n) is 2.95. The number of nitrogens with zero attached hydrogens (tertiary/aromatic N) is 1. The molecule has 0 aliphatic rings. The second kappa shape index (κ2) is 5.70. The van der Waals surface area contributed by atoms with E-state index in [0.29, 0.717) is 5.56 Å². The van der Waals surface area contributed by atoms with Crippen molar-refractivity contribution >= 4 is 15.7 Å². The van der Waals surface area contributed by atoms with Crippen molar-refractivity contribution in [1.29, 1.82) is 0 Å². The summed E-state index contributed by atoms with van der Waals surface area (Å²) < 4.78 is 45.1. The van der Waals surface area contributed by atoms with Gasteiger partial charge in [-0.05, 0) is 19.1 Å². The lowest BCUT2D eigenvalue weighted by molar-refractivity contribution is 0.388. The fourth-order valence-corrected chi connectivity index (χ4v) is 2.82. The van der Waals surface area contributed by atoms with Crippen molar-refractivity contribution in [2.75, 3.05) is 12.8 Å². The van der Waals surface area contributed by atoms with Gasteiger partial charge < -0.3 is 10.5 Å². The third kappa shape index (κ3) is 3.14. The molecule has 1 heterocycles. The Morgan fingerprint density at radius 1 is 1.48 bits per heavy atom. The molecule has 1 aromatic heterocycles. The van der Waals surface area contributed by atoms with E-state index in [1.54, 1.807) is 6.92 Å². The molecule has 1 aromatic carbocycles. The Kier molecular flexibility index (Phi) is 4.14. The summed E-state index contributed by atoms with van der Waals surface area (Å²) >= 11 is 0. The number of nitrogens with one attached hydrogen (secondary N) is 2. The van der Waals surface area contributed by atoms with Crippen LogP contribution in [0.15, 0.2) is 23.2 Å². The maximum absolute atomic E-state index is 13.7. The van der Waals surface area contributed by atoms with E-state index in [1.807, 2.05) is 0 Å². The van der Waals surface area contributed by atoms with Gasteiger partial charge in [-0.1, -0.05) is 0 Å². The van der Waals surface area contributed by atoms with Gasteiger partial charge >= 0.3 is 0 Å². The number of hydrogen-bond acceptors (Lipinski definition) is 5. The first-order valence-corrected chi connectivity index (χ1v) is 7.45. The highest BCUT2D eigenvalue weighted by molar-refractivity contribution is 7.89. The SMILES string of the molecule is COc1c(N)cc(S(=O)(=O)NCc2cn[nH]c2C)cc1F. The predicted octanol–water partition coefficient (Wildman–Crippen LogP) is 0.927. The van der Waals surface area contributed by atoms with E-state index in [1.165, 1.54) is 13.3 Å². The van der Waals surface area contributed by atoms with Crippen LogP contribution in [-0.4, -0.2) is 25.7 Å². The lowest BCUT2D eigenvalue weighted by atomic mass is 10.3. The molecule has 114 valence electrons. The monoisotopic (exact) mass is 314 g/mol. The molecule has 0 spiro atoms. The minimum absolute atomic E-state index is 0.0399. The molecule has 2 rings (SSSR count). The Bertz CT molecular complexity index is 735. The van der Waals surface area contributed by atoms with Gasteiger partial charge in [0.1, 0.15) is 0 Å². The van der Waals surface area contributed by atoms with E-state index < -0.39 is 15.8 Å². The van der Waals surface area contributed by atoms with Gasteiger partial charge in [0.25, 0.3) is 0 Å². The molecule has 9 heteroatoms. The highest BCUT2D eigenvalue weighted by atomic mass is 32.2. The maximum atomic E-state index is 13.7. The van der Waals surface area contributed by atoms with Crippen LogP contribution in [0.4, 0.5) is 10.1 Å². The van der Waals surface area contributed by atoms with Crippen LogP contribution in [0.25, 0.3) is 0 Å². The molecule has 0 fully saturated rings. The number of H-pyrrole nitrogens is 1. The first kappa shape index (κ1) is 15.3. The largest absolute Gasteiger partial charge is 0.492 e. The van der Waals surface area contributed by atoms with Gasteiger partial charge in [-0.25, -0.2) is 17.5 Å². The molecule has 21 heavy (non-hydrogen) atoms. The van der Waals surface area contributed by atoms with E-state index >= 15 is 0 Å².